The van der Waals surface area contributed by atoms with Crippen molar-refractivity contribution in [1.29, 1.82) is 0 Å². The van der Waals surface area contributed by atoms with Crippen LogP contribution in [0.15, 0.2) is 107 Å². The molecule has 4 rings (SSSR count). The van der Waals surface area contributed by atoms with Gasteiger partial charge >= 0.3 is 0 Å². The summed E-state index contributed by atoms with van der Waals surface area (Å²) in [5, 5.41) is 0. The Labute approximate surface area is 183 Å². The molecule has 0 unspecified atom stereocenters. The molecule has 0 radical (unpaired) electrons. The predicted octanol–water partition coefficient (Wildman–Crippen LogP) is 7.02. The van der Waals surface area contributed by atoms with Crippen LogP contribution in [0.2, 0.25) is 0 Å². The maximum Gasteiger partial charge on any atom is 0.127 e. The zero-order valence-electron chi connectivity index (χ0n) is 17.6. The molecule has 0 atom stereocenters. The number of ether oxygens (including phenoxy) is 2. The van der Waals surface area contributed by atoms with Gasteiger partial charge < -0.3 is 9.47 Å². The highest BCUT2D eigenvalue weighted by atomic mass is 32.2. The van der Waals surface area contributed by atoms with Gasteiger partial charge in [0, 0.05) is 19.3 Å². The van der Waals surface area contributed by atoms with Gasteiger partial charge in [0.1, 0.15) is 23.0 Å². The number of benzene rings is 4. The zero-order valence-corrected chi connectivity index (χ0v) is 18.4. The average molecular weight is 429 g/mol. The van der Waals surface area contributed by atoms with Gasteiger partial charge in [0.25, 0.3) is 0 Å². The Bertz CT molecular complexity index is 1160. The molecule has 0 fully saturated rings. The van der Waals surface area contributed by atoms with Crippen LogP contribution in [-0.2, 0) is 9.52 Å². The third kappa shape index (κ3) is 4.98. The molecule has 0 saturated carbocycles. The van der Waals surface area contributed by atoms with Crippen molar-refractivity contribution in [3.05, 3.63) is 108 Å². The normalized spacial score (nSPS) is 11.2. The lowest BCUT2D eigenvalue weighted by Gasteiger charge is -2.12. The van der Waals surface area contributed by atoms with Crippen LogP contribution >= 0.6 is 0 Å². The SMILES string of the molecule is C=S(=O)(c1ccc(Oc2ccc(C)cc2)cc1)c1ccc(Oc2ccc(C)cc2)cc1. The van der Waals surface area contributed by atoms with Gasteiger partial charge in [-0.1, -0.05) is 35.4 Å². The Hall–Kier alpha value is -3.50. The lowest BCUT2D eigenvalue weighted by Crippen LogP contribution is -2.01. The number of rotatable bonds is 6. The van der Waals surface area contributed by atoms with Crippen molar-refractivity contribution in [2.75, 3.05) is 0 Å². The van der Waals surface area contributed by atoms with Crippen molar-refractivity contribution in [2.45, 2.75) is 23.6 Å². The molecule has 156 valence electrons. The van der Waals surface area contributed by atoms with E-state index in [0.29, 0.717) is 21.3 Å². The van der Waals surface area contributed by atoms with E-state index < -0.39 is 9.52 Å². The maximum atomic E-state index is 13.4. The molecular formula is C27H24O3S. The first-order valence-corrected chi connectivity index (χ1v) is 11.7. The molecule has 31 heavy (non-hydrogen) atoms. The van der Waals surface area contributed by atoms with Crippen LogP contribution in [0.3, 0.4) is 0 Å². The Morgan fingerprint density at radius 1 is 0.516 bits per heavy atom. The fraction of sp³-hybridized carbons (Fsp3) is 0.0741. The number of hydrogen-bond donors (Lipinski definition) is 0. The number of hydrogen-bond acceptors (Lipinski definition) is 3. The molecule has 0 N–H and O–H groups in total. The van der Waals surface area contributed by atoms with Crippen LogP contribution in [0.4, 0.5) is 0 Å². The Kier molecular flexibility index (Phi) is 5.83. The third-order valence-electron chi connectivity index (χ3n) is 4.92. The predicted molar refractivity (Wildman–Crippen MR) is 127 cm³/mol. The standard InChI is InChI=1S/C27H24O3S/c1-20-4-8-22(9-5-20)29-24-12-16-26(17-13-24)31(3,28)27-18-14-25(15-19-27)30-23-10-6-21(2)7-11-23/h4-19H,3H2,1-2H3. The van der Waals surface area contributed by atoms with Gasteiger partial charge in [-0.15, -0.1) is 0 Å². The minimum absolute atomic E-state index is 0.649. The quantitative estimate of drug-likeness (QED) is 0.310. The van der Waals surface area contributed by atoms with E-state index in [1.807, 2.05) is 86.6 Å². The Morgan fingerprint density at radius 3 is 1.06 bits per heavy atom. The van der Waals surface area contributed by atoms with Crippen LogP contribution in [-0.4, -0.2) is 10.1 Å². The van der Waals surface area contributed by atoms with Gasteiger partial charge in [0.2, 0.25) is 0 Å². The molecule has 0 saturated heterocycles. The van der Waals surface area contributed by atoms with Crippen LogP contribution in [0, 0.1) is 13.8 Å². The van der Waals surface area contributed by atoms with E-state index in [1.165, 1.54) is 11.1 Å². The van der Waals surface area contributed by atoms with Crippen molar-refractivity contribution in [3.63, 3.8) is 0 Å². The highest BCUT2D eigenvalue weighted by Gasteiger charge is 2.12. The first-order chi connectivity index (χ1) is 14.9. The summed E-state index contributed by atoms with van der Waals surface area (Å²) in [6.07, 6.45) is 0. The molecule has 4 heteroatoms. The highest BCUT2D eigenvalue weighted by molar-refractivity contribution is 8.00. The first-order valence-electron chi connectivity index (χ1n) is 9.97. The summed E-state index contributed by atoms with van der Waals surface area (Å²) < 4.78 is 25.1. The zero-order chi connectivity index (χ0) is 21.8. The maximum absolute atomic E-state index is 13.4. The van der Waals surface area contributed by atoms with Gasteiger partial charge in [-0.25, -0.2) is 0 Å². The molecule has 0 aliphatic carbocycles. The van der Waals surface area contributed by atoms with Gasteiger partial charge in [0.05, 0.1) is 0 Å². The van der Waals surface area contributed by atoms with Crippen LogP contribution in [0.25, 0.3) is 0 Å². The highest BCUT2D eigenvalue weighted by Crippen LogP contribution is 2.28. The van der Waals surface area contributed by atoms with E-state index in [2.05, 4.69) is 5.87 Å². The molecular weight excluding hydrogens is 404 g/mol. The summed E-state index contributed by atoms with van der Waals surface area (Å²) in [5.74, 6) is 6.90. The van der Waals surface area contributed by atoms with Crippen LogP contribution in [0.1, 0.15) is 11.1 Å². The average Bonchev–Trinajstić information content (AvgIpc) is 2.78. The second-order valence-corrected chi connectivity index (χ2v) is 9.74. The van der Waals surface area contributed by atoms with E-state index in [4.69, 9.17) is 9.47 Å². The van der Waals surface area contributed by atoms with E-state index in [9.17, 15) is 4.21 Å². The van der Waals surface area contributed by atoms with Crippen molar-refractivity contribution in [2.24, 2.45) is 0 Å². The molecule has 0 heterocycles. The molecule has 0 bridgehead atoms. The van der Waals surface area contributed by atoms with E-state index in [1.54, 1.807) is 24.3 Å². The van der Waals surface area contributed by atoms with Gasteiger partial charge in [-0.2, -0.15) is 0 Å². The second-order valence-electron chi connectivity index (χ2n) is 7.45. The molecule has 0 amide bonds. The minimum Gasteiger partial charge on any atom is -0.457 e. The molecule has 4 aromatic carbocycles. The van der Waals surface area contributed by atoms with Crippen LogP contribution in [0.5, 0.6) is 23.0 Å². The monoisotopic (exact) mass is 428 g/mol. The summed E-state index contributed by atoms with van der Waals surface area (Å²) in [6, 6.07) is 30.2. The fourth-order valence-corrected chi connectivity index (χ4v) is 4.50. The Balaban J connectivity index is 1.48. The third-order valence-corrected chi connectivity index (χ3v) is 6.99. The molecule has 0 spiro atoms. The molecule has 0 aliphatic heterocycles. The summed E-state index contributed by atoms with van der Waals surface area (Å²) in [6.45, 7) is 4.06. The molecule has 4 aromatic rings. The lowest BCUT2D eigenvalue weighted by molar-refractivity contribution is 0.482. The number of aryl methyl sites for hydroxylation is 2. The molecule has 0 aliphatic rings. The van der Waals surface area contributed by atoms with E-state index >= 15 is 0 Å². The van der Waals surface area contributed by atoms with Crippen molar-refractivity contribution in [1.82, 2.24) is 0 Å². The van der Waals surface area contributed by atoms with E-state index in [-0.39, 0.29) is 0 Å². The fourth-order valence-electron chi connectivity index (χ4n) is 3.08. The smallest absolute Gasteiger partial charge is 0.127 e. The topological polar surface area (TPSA) is 35.5 Å². The van der Waals surface area contributed by atoms with Gasteiger partial charge in [0.15, 0.2) is 0 Å². The summed E-state index contributed by atoms with van der Waals surface area (Å²) in [5.41, 5.74) is 2.35. The summed E-state index contributed by atoms with van der Waals surface area (Å²) in [4.78, 5) is 1.30. The van der Waals surface area contributed by atoms with Crippen LogP contribution < -0.4 is 9.47 Å². The minimum atomic E-state index is -2.64. The van der Waals surface area contributed by atoms with Gasteiger partial charge in [-0.05, 0) is 92.5 Å². The van der Waals surface area contributed by atoms with E-state index in [0.717, 1.165) is 11.5 Å². The van der Waals surface area contributed by atoms with Crippen molar-refractivity contribution < 1.29 is 13.7 Å². The summed E-state index contributed by atoms with van der Waals surface area (Å²) >= 11 is 0. The molecule has 0 aromatic heterocycles. The second kappa shape index (κ2) is 8.70. The first kappa shape index (κ1) is 20.8. The lowest BCUT2D eigenvalue weighted by atomic mass is 10.2. The Morgan fingerprint density at radius 2 is 0.774 bits per heavy atom. The van der Waals surface area contributed by atoms with Gasteiger partial charge in [-0.3, -0.25) is 4.21 Å². The van der Waals surface area contributed by atoms with Crippen molar-refractivity contribution >= 4 is 15.4 Å². The molecule has 3 nitrogen and oxygen atoms in total. The summed E-state index contributed by atoms with van der Waals surface area (Å²) in [7, 11) is -2.64. The largest absolute Gasteiger partial charge is 0.457 e. The van der Waals surface area contributed by atoms with Crippen molar-refractivity contribution in [3.8, 4) is 23.0 Å².